The number of hydrogen-bond donors (Lipinski definition) is 0. The predicted octanol–water partition coefficient (Wildman–Crippen LogP) is 4.97. The molecule has 0 saturated carbocycles. The quantitative estimate of drug-likeness (QED) is 0.263. The molecule has 5 rings (SSSR count). The Morgan fingerprint density at radius 3 is 2.68 bits per heavy atom. The van der Waals surface area contributed by atoms with Gasteiger partial charge in [0.15, 0.2) is 16.3 Å². The Morgan fingerprint density at radius 2 is 2.02 bits per heavy atom. The van der Waals surface area contributed by atoms with E-state index in [4.69, 9.17) is 31.1 Å². The van der Waals surface area contributed by atoms with Gasteiger partial charge >= 0.3 is 5.97 Å². The van der Waals surface area contributed by atoms with Crippen LogP contribution >= 0.6 is 34.3 Å². The zero-order valence-electron chi connectivity index (χ0n) is 22.3. The highest BCUT2D eigenvalue weighted by Gasteiger charge is 2.33. The molecule has 41 heavy (non-hydrogen) atoms. The van der Waals surface area contributed by atoms with Crippen LogP contribution in [0.15, 0.2) is 75.0 Å². The number of allylic oxidation sites excluding steroid dienone is 1. The number of rotatable bonds is 8. The highest BCUT2D eigenvalue weighted by Crippen LogP contribution is 2.37. The molecular weight excluding hydrogens is 582 g/mol. The van der Waals surface area contributed by atoms with Crippen molar-refractivity contribution in [3.8, 4) is 17.6 Å². The van der Waals surface area contributed by atoms with Gasteiger partial charge in [0, 0.05) is 4.88 Å². The minimum atomic E-state index is -0.636. The summed E-state index contributed by atoms with van der Waals surface area (Å²) in [6.45, 7) is 3.94. The van der Waals surface area contributed by atoms with Gasteiger partial charge in [-0.15, -0.1) is 11.3 Å². The highest BCUT2D eigenvalue weighted by molar-refractivity contribution is 7.10. The smallest absolute Gasteiger partial charge is 0.338 e. The van der Waals surface area contributed by atoms with Crippen molar-refractivity contribution in [3.63, 3.8) is 0 Å². The maximum Gasteiger partial charge on any atom is 0.338 e. The van der Waals surface area contributed by atoms with E-state index in [1.807, 2.05) is 29.6 Å². The van der Waals surface area contributed by atoms with Gasteiger partial charge in [0.05, 0.1) is 46.2 Å². The van der Waals surface area contributed by atoms with Crippen LogP contribution < -0.4 is 24.4 Å². The number of carbonyl (C=O) groups excluding carboxylic acids is 1. The summed E-state index contributed by atoms with van der Waals surface area (Å²) in [5.74, 6) is 0.279. The lowest BCUT2D eigenvalue weighted by atomic mass is 10.0. The summed E-state index contributed by atoms with van der Waals surface area (Å²) >= 11 is 9.29. The second-order valence-corrected chi connectivity index (χ2v) is 11.3. The second-order valence-electron chi connectivity index (χ2n) is 8.95. The van der Waals surface area contributed by atoms with Crippen molar-refractivity contribution in [2.24, 2.45) is 4.99 Å². The maximum atomic E-state index is 13.8. The van der Waals surface area contributed by atoms with E-state index in [9.17, 15) is 9.59 Å². The Bertz CT molecular complexity index is 1870. The van der Waals surface area contributed by atoms with E-state index in [-0.39, 0.29) is 18.8 Å². The van der Waals surface area contributed by atoms with Gasteiger partial charge in [-0.05, 0) is 66.8 Å². The monoisotopic (exact) mass is 605 g/mol. The van der Waals surface area contributed by atoms with Gasteiger partial charge in [-0.2, -0.15) is 5.26 Å². The van der Waals surface area contributed by atoms with E-state index in [1.165, 1.54) is 29.8 Å². The average Bonchev–Trinajstić information content (AvgIpc) is 3.60. The van der Waals surface area contributed by atoms with Crippen LogP contribution in [0, 0.1) is 11.3 Å². The molecule has 0 bridgehead atoms. The van der Waals surface area contributed by atoms with Crippen LogP contribution in [0.2, 0.25) is 5.02 Å². The summed E-state index contributed by atoms with van der Waals surface area (Å²) in [6.07, 6.45) is 1.72. The number of nitriles is 1. The first kappa shape index (κ1) is 28.4. The molecule has 1 aliphatic rings. The van der Waals surface area contributed by atoms with Crippen LogP contribution in [0.1, 0.15) is 41.5 Å². The second kappa shape index (κ2) is 12.1. The molecule has 0 spiro atoms. The van der Waals surface area contributed by atoms with Crippen LogP contribution in [0.25, 0.3) is 6.08 Å². The van der Waals surface area contributed by atoms with E-state index in [2.05, 4.69) is 11.1 Å². The molecule has 0 amide bonds. The summed E-state index contributed by atoms with van der Waals surface area (Å²) in [5, 5.41) is 11.2. The molecule has 0 aliphatic carbocycles. The number of benzene rings is 2. The molecule has 8 nitrogen and oxygen atoms in total. The number of fused-ring (bicyclic) bond motifs is 1. The predicted molar refractivity (Wildman–Crippen MR) is 158 cm³/mol. The number of carbonyl (C=O) groups is 1. The van der Waals surface area contributed by atoms with Gasteiger partial charge in [0.1, 0.15) is 12.6 Å². The first-order valence-electron chi connectivity index (χ1n) is 12.6. The van der Waals surface area contributed by atoms with Crippen molar-refractivity contribution < 1.29 is 19.0 Å². The molecule has 0 radical (unpaired) electrons. The summed E-state index contributed by atoms with van der Waals surface area (Å²) < 4.78 is 18.8. The van der Waals surface area contributed by atoms with Crippen molar-refractivity contribution in [1.82, 2.24) is 4.57 Å². The van der Waals surface area contributed by atoms with Gasteiger partial charge in [0.2, 0.25) is 0 Å². The van der Waals surface area contributed by atoms with Crippen molar-refractivity contribution >= 4 is 46.3 Å². The molecule has 2 aromatic heterocycles. The molecule has 4 aromatic rings. The number of thiophene rings is 1. The number of hydrogen-bond acceptors (Lipinski definition) is 9. The number of ether oxygens (including phenoxy) is 3. The lowest BCUT2D eigenvalue weighted by molar-refractivity contribution is -0.139. The van der Waals surface area contributed by atoms with Gasteiger partial charge in [0.25, 0.3) is 5.56 Å². The summed E-state index contributed by atoms with van der Waals surface area (Å²) in [7, 11) is 1.51. The van der Waals surface area contributed by atoms with Crippen LogP contribution in [0.4, 0.5) is 0 Å². The summed E-state index contributed by atoms with van der Waals surface area (Å²) in [5.41, 5.74) is 2.65. The Hall–Kier alpha value is -4.17. The first-order valence-corrected chi connectivity index (χ1v) is 14.6. The number of nitrogens with zero attached hydrogens (tertiary/aromatic N) is 3. The molecule has 1 atom stereocenters. The van der Waals surface area contributed by atoms with Crippen LogP contribution in [-0.4, -0.2) is 24.3 Å². The van der Waals surface area contributed by atoms with Gasteiger partial charge in [-0.3, -0.25) is 9.36 Å². The van der Waals surface area contributed by atoms with E-state index < -0.39 is 12.0 Å². The van der Waals surface area contributed by atoms with Crippen molar-refractivity contribution in [2.45, 2.75) is 26.5 Å². The van der Waals surface area contributed by atoms with Crippen LogP contribution in [0.5, 0.6) is 11.5 Å². The number of thiazole rings is 1. The Balaban J connectivity index is 1.53. The largest absolute Gasteiger partial charge is 0.493 e. The third-order valence-electron chi connectivity index (χ3n) is 6.35. The number of methoxy groups -OCH3 is 1. The zero-order chi connectivity index (χ0) is 29.1. The minimum absolute atomic E-state index is 0.215. The van der Waals surface area contributed by atoms with Crippen LogP contribution in [-0.2, 0) is 16.1 Å². The third kappa shape index (κ3) is 5.70. The fourth-order valence-corrected chi connectivity index (χ4v) is 6.60. The molecule has 208 valence electrons. The van der Waals surface area contributed by atoms with E-state index in [1.54, 1.807) is 48.8 Å². The highest BCUT2D eigenvalue weighted by atomic mass is 35.5. The van der Waals surface area contributed by atoms with Crippen LogP contribution in [0.3, 0.4) is 0 Å². The lowest BCUT2D eigenvalue weighted by Gasteiger charge is -2.23. The third-order valence-corrected chi connectivity index (χ3v) is 8.53. The zero-order valence-corrected chi connectivity index (χ0v) is 24.7. The molecule has 3 heterocycles. The molecule has 0 N–H and O–H groups in total. The SMILES string of the molecule is CCOC(=O)C1=C(C)N=c2s/c(=C\c3cc(Cl)c(OCc4ccc(C#N)cc4)c(OC)c3)c(=O)n2[C@H]1c1cccs1. The minimum Gasteiger partial charge on any atom is -0.493 e. The Kier molecular flexibility index (Phi) is 8.40. The molecule has 11 heteroatoms. The number of halogens is 1. The first-order chi connectivity index (χ1) is 19.8. The topological polar surface area (TPSA) is 103 Å². The van der Waals surface area contributed by atoms with Crippen molar-refractivity contribution in [3.05, 3.63) is 111 Å². The van der Waals surface area contributed by atoms with E-state index in [0.717, 1.165) is 10.4 Å². The number of aromatic nitrogens is 1. The van der Waals surface area contributed by atoms with E-state index >= 15 is 0 Å². The molecule has 2 aromatic carbocycles. The lowest BCUT2D eigenvalue weighted by Crippen LogP contribution is -2.39. The summed E-state index contributed by atoms with van der Waals surface area (Å²) in [4.78, 5) is 32.6. The molecular formula is C30H24ClN3O5S2. The molecule has 0 saturated heterocycles. The number of esters is 1. The van der Waals surface area contributed by atoms with Gasteiger partial charge in [-0.25, -0.2) is 9.79 Å². The summed E-state index contributed by atoms with van der Waals surface area (Å²) in [6, 6.07) is 15.7. The van der Waals surface area contributed by atoms with Crippen molar-refractivity contribution in [1.29, 1.82) is 5.26 Å². The van der Waals surface area contributed by atoms with Crippen molar-refractivity contribution in [2.75, 3.05) is 13.7 Å². The van der Waals surface area contributed by atoms with E-state index in [0.29, 0.717) is 48.3 Å². The maximum absolute atomic E-state index is 13.8. The standard InChI is InChI=1S/C30H24ClN3O5S2/c1-4-38-29(36)25-17(2)33-30-34(26(25)23-6-5-11-40-23)28(35)24(41-30)14-20-12-21(31)27(22(13-20)37-3)39-16-19-9-7-18(15-32)8-10-19/h5-14,26H,4,16H2,1-3H3/b24-14-/t26-/m0/s1. The molecule has 1 aliphatic heterocycles. The fraction of sp³-hybridized carbons (Fsp3) is 0.200. The Morgan fingerprint density at radius 1 is 1.24 bits per heavy atom. The normalized spacial score (nSPS) is 14.7. The van der Waals surface area contributed by atoms with Gasteiger partial charge in [-0.1, -0.05) is 41.1 Å². The molecule has 0 unspecified atom stereocenters. The molecule has 0 fully saturated rings. The average molecular weight is 606 g/mol. The fourth-order valence-electron chi connectivity index (χ4n) is 4.45. The van der Waals surface area contributed by atoms with Gasteiger partial charge < -0.3 is 14.2 Å². The Labute approximate surface area is 248 Å².